The van der Waals surface area contributed by atoms with Crippen LogP contribution in [0.1, 0.15) is 10.4 Å². The number of carbonyl (C=O) groups excluding carboxylic acids is 1. The standard InChI is InChI=1S/C23H18ClN3O2/c1-29-20-12-6-16(7-13-20)22-25-14-21(27-22)15-4-10-19(11-5-15)26-23(28)17-2-8-18(24)9-3-17/h2-14H,1H3,(H,25,27)(H,26,28). The lowest BCUT2D eigenvalue weighted by molar-refractivity contribution is 0.102. The monoisotopic (exact) mass is 403 g/mol. The predicted octanol–water partition coefficient (Wildman–Crippen LogP) is 5.66. The molecule has 1 heterocycles. The molecule has 29 heavy (non-hydrogen) atoms. The number of halogens is 1. The smallest absolute Gasteiger partial charge is 0.255 e. The molecule has 4 rings (SSSR count). The molecule has 0 radical (unpaired) electrons. The summed E-state index contributed by atoms with van der Waals surface area (Å²) in [6.45, 7) is 0. The fourth-order valence-corrected chi connectivity index (χ4v) is 3.03. The van der Waals surface area contributed by atoms with Crippen LogP contribution in [-0.4, -0.2) is 23.0 Å². The first-order chi connectivity index (χ1) is 14.1. The van der Waals surface area contributed by atoms with Gasteiger partial charge in [0.1, 0.15) is 11.6 Å². The largest absolute Gasteiger partial charge is 0.497 e. The number of imidazole rings is 1. The number of rotatable bonds is 5. The summed E-state index contributed by atoms with van der Waals surface area (Å²) in [4.78, 5) is 20.1. The van der Waals surface area contributed by atoms with Gasteiger partial charge in [0.05, 0.1) is 19.0 Å². The first-order valence-corrected chi connectivity index (χ1v) is 9.37. The summed E-state index contributed by atoms with van der Waals surface area (Å²) in [6.07, 6.45) is 1.79. The number of benzene rings is 3. The third kappa shape index (κ3) is 4.31. The molecule has 6 heteroatoms. The Bertz CT molecular complexity index is 1120. The minimum atomic E-state index is -0.183. The quantitative estimate of drug-likeness (QED) is 0.452. The van der Waals surface area contributed by atoms with E-state index < -0.39 is 0 Å². The molecule has 0 atom stereocenters. The maximum absolute atomic E-state index is 12.3. The zero-order chi connectivity index (χ0) is 20.2. The molecular weight excluding hydrogens is 386 g/mol. The van der Waals surface area contributed by atoms with Crippen molar-refractivity contribution < 1.29 is 9.53 Å². The molecule has 5 nitrogen and oxygen atoms in total. The first kappa shape index (κ1) is 18.8. The number of aromatic amines is 1. The number of carbonyl (C=O) groups is 1. The van der Waals surface area contributed by atoms with Gasteiger partial charge in [-0.25, -0.2) is 4.98 Å². The van der Waals surface area contributed by atoms with Crippen LogP contribution in [0.4, 0.5) is 5.69 Å². The van der Waals surface area contributed by atoms with E-state index >= 15 is 0 Å². The Morgan fingerprint density at radius 2 is 1.59 bits per heavy atom. The number of aromatic nitrogens is 2. The van der Waals surface area contributed by atoms with E-state index in [2.05, 4.69) is 15.3 Å². The Kier molecular flexibility index (Phi) is 5.31. The summed E-state index contributed by atoms with van der Waals surface area (Å²) >= 11 is 5.86. The van der Waals surface area contributed by atoms with Crippen molar-refractivity contribution in [3.05, 3.63) is 89.6 Å². The highest BCUT2D eigenvalue weighted by molar-refractivity contribution is 6.30. The third-order valence-electron chi connectivity index (χ3n) is 4.50. The summed E-state index contributed by atoms with van der Waals surface area (Å²) in [5.41, 5.74) is 4.11. The van der Waals surface area contributed by atoms with Crippen LogP contribution < -0.4 is 10.1 Å². The highest BCUT2D eigenvalue weighted by Crippen LogP contribution is 2.25. The number of hydrogen-bond acceptors (Lipinski definition) is 3. The number of hydrogen-bond donors (Lipinski definition) is 2. The highest BCUT2D eigenvalue weighted by atomic mass is 35.5. The molecule has 1 aromatic heterocycles. The first-order valence-electron chi connectivity index (χ1n) is 8.99. The van der Waals surface area contributed by atoms with Gasteiger partial charge in [-0.2, -0.15) is 0 Å². The van der Waals surface area contributed by atoms with Gasteiger partial charge in [0.15, 0.2) is 0 Å². The van der Waals surface area contributed by atoms with Crippen LogP contribution in [0, 0.1) is 0 Å². The van der Waals surface area contributed by atoms with Crippen molar-refractivity contribution in [1.82, 2.24) is 9.97 Å². The van der Waals surface area contributed by atoms with Gasteiger partial charge >= 0.3 is 0 Å². The zero-order valence-electron chi connectivity index (χ0n) is 15.6. The van der Waals surface area contributed by atoms with Crippen LogP contribution in [0.2, 0.25) is 5.02 Å². The van der Waals surface area contributed by atoms with E-state index in [1.54, 1.807) is 37.6 Å². The van der Waals surface area contributed by atoms with Crippen molar-refractivity contribution in [1.29, 1.82) is 0 Å². The number of nitrogens with zero attached hydrogens (tertiary/aromatic N) is 1. The van der Waals surface area contributed by atoms with Crippen LogP contribution in [0.3, 0.4) is 0 Å². The number of nitrogens with one attached hydrogen (secondary N) is 2. The normalized spacial score (nSPS) is 10.6. The molecule has 0 unspecified atom stereocenters. The molecule has 0 spiro atoms. The maximum atomic E-state index is 12.3. The average Bonchev–Trinajstić information content (AvgIpc) is 3.25. The molecule has 0 fully saturated rings. The Labute approximate surface area is 173 Å². The van der Waals surface area contributed by atoms with E-state index in [0.29, 0.717) is 16.3 Å². The second kappa shape index (κ2) is 8.20. The fourth-order valence-electron chi connectivity index (χ4n) is 2.90. The average molecular weight is 404 g/mol. The van der Waals surface area contributed by atoms with Gasteiger partial charge in [-0.15, -0.1) is 0 Å². The molecule has 0 aliphatic rings. The van der Waals surface area contributed by atoms with Gasteiger partial charge < -0.3 is 15.0 Å². The third-order valence-corrected chi connectivity index (χ3v) is 4.75. The van der Waals surface area contributed by atoms with Gasteiger partial charge in [0.2, 0.25) is 0 Å². The lowest BCUT2D eigenvalue weighted by Crippen LogP contribution is -2.11. The summed E-state index contributed by atoms with van der Waals surface area (Å²) in [5, 5.41) is 3.48. The van der Waals surface area contributed by atoms with Crippen molar-refractivity contribution in [2.24, 2.45) is 0 Å². The molecule has 0 aliphatic carbocycles. The topological polar surface area (TPSA) is 67.0 Å². The summed E-state index contributed by atoms with van der Waals surface area (Å²) in [5.74, 6) is 1.40. The number of H-pyrrole nitrogens is 1. The van der Waals surface area contributed by atoms with Crippen molar-refractivity contribution >= 4 is 23.2 Å². The Morgan fingerprint density at radius 1 is 0.931 bits per heavy atom. The minimum absolute atomic E-state index is 0.183. The van der Waals surface area contributed by atoms with Crippen molar-refractivity contribution in [2.75, 3.05) is 12.4 Å². The highest BCUT2D eigenvalue weighted by Gasteiger charge is 2.08. The summed E-state index contributed by atoms with van der Waals surface area (Å²) in [6, 6.07) is 22.1. The van der Waals surface area contributed by atoms with Gasteiger partial charge in [0.25, 0.3) is 5.91 Å². The molecule has 4 aromatic rings. The molecule has 0 saturated carbocycles. The molecule has 3 aromatic carbocycles. The van der Waals surface area contributed by atoms with Crippen LogP contribution in [0.15, 0.2) is 79.0 Å². The zero-order valence-corrected chi connectivity index (χ0v) is 16.4. The van der Waals surface area contributed by atoms with Crippen LogP contribution in [0.25, 0.3) is 22.6 Å². The molecule has 0 bridgehead atoms. The fraction of sp³-hybridized carbons (Fsp3) is 0.0435. The molecule has 144 valence electrons. The molecular formula is C23H18ClN3O2. The second-order valence-electron chi connectivity index (χ2n) is 6.41. The molecule has 0 saturated heterocycles. The van der Waals surface area contributed by atoms with E-state index in [0.717, 1.165) is 28.4 Å². The number of amides is 1. The number of anilines is 1. The van der Waals surface area contributed by atoms with Gasteiger partial charge in [0, 0.05) is 21.8 Å². The maximum Gasteiger partial charge on any atom is 0.255 e. The molecule has 1 amide bonds. The SMILES string of the molecule is COc1ccc(-c2ncc(-c3ccc(NC(=O)c4ccc(Cl)cc4)cc3)[nH]2)cc1. The Morgan fingerprint density at radius 3 is 2.24 bits per heavy atom. The minimum Gasteiger partial charge on any atom is -0.497 e. The second-order valence-corrected chi connectivity index (χ2v) is 6.85. The van der Waals surface area contributed by atoms with Gasteiger partial charge in [-0.1, -0.05) is 23.7 Å². The lowest BCUT2D eigenvalue weighted by Gasteiger charge is -2.06. The lowest BCUT2D eigenvalue weighted by atomic mass is 10.1. The van der Waals surface area contributed by atoms with E-state index in [-0.39, 0.29) is 5.91 Å². The van der Waals surface area contributed by atoms with Crippen molar-refractivity contribution in [2.45, 2.75) is 0 Å². The van der Waals surface area contributed by atoms with E-state index in [1.807, 2.05) is 48.5 Å². The summed E-state index contributed by atoms with van der Waals surface area (Å²) in [7, 11) is 1.64. The van der Waals surface area contributed by atoms with E-state index in [9.17, 15) is 4.79 Å². The van der Waals surface area contributed by atoms with Crippen LogP contribution in [0.5, 0.6) is 5.75 Å². The van der Waals surface area contributed by atoms with E-state index in [4.69, 9.17) is 16.3 Å². The van der Waals surface area contributed by atoms with Gasteiger partial charge in [-0.05, 0) is 66.2 Å². The summed E-state index contributed by atoms with van der Waals surface area (Å²) < 4.78 is 5.19. The van der Waals surface area contributed by atoms with E-state index in [1.165, 1.54) is 0 Å². The van der Waals surface area contributed by atoms with Gasteiger partial charge in [-0.3, -0.25) is 4.79 Å². The Hall–Kier alpha value is -3.57. The van der Waals surface area contributed by atoms with Crippen molar-refractivity contribution in [3.8, 4) is 28.4 Å². The molecule has 0 aliphatic heterocycles. The van der Waals surface area contributed by atoms with Crippen LogP contribution in [-0.2, 0) is 0 Å². The predicted molar refractivity (Wildman–Crippen MR) is 115 cm³/mol. The van der Waals surface area contributed by atoms with Crippen molar-refractivity contribution in [3.63, 3.8) is 0 Å². The number of ether oxygens (including phenoxy) is 1. The molecule has 2 N–H and O–H groups in total. The number of methoxy groups -OCH3 is 1. The van der Waals surface area contributed by atoms with Crippen LogP contribution >= 0.6 is 11.6 Å². The Balaban J connectivity index is 1.47.